The van der Waals surface area contributed by atoms with Crippen LogP contribution in [0.3, 0.4) is 0 Å². The summed E-state index contributed by atoms with van der Waals surface area (Å²) in [7, 11) is 0. The lowest BCUT2D eigenvalue weighted by Gasteiger charge is -2.14. The molecule has 0 N–H and O–H groups in total. The molecule has 2 heteroatoms. The average molecular weight is 536 g/mol. The minimum absolute atomic E-state index is 0.916. The van der Waals surface area contributed by atoms with Crippen LogP contribution < -0.4 is 0 Å². The topological polar surface area (TPSA) is 18.1 Å². The van der Waals surface area contributed by atoms with Crippen molar-refractivity contribution in [1.82, 2.24) is 4.57 Å². The van der Waals surface area contributed by atoms with Crippen molar-refractivity contribution in [3.8, 4) is 27.9 Å². The molecule has 0 saturated carbocycles. The van der Waals surface area contributed by atoms with Crippen LogP contribution in [-0.4, -0.2) is 4.57 Å². The van der Waals surface area contributed by atoms with Crippen LogP contribution in [-0.2, 0) is 0 Å². The minimum atomic E-state index is 0.916. The fourth-order valence-corrected chi connectivity index (χ4v) is 6.70. The van der Waals surface area contributed by atoms with Crippen molar-refractivity contribution >= 4 is 54.5 Å². The van der Waals surface area contributed by atoms with Gasteiger partial charge in [0.2, 0.25) is 0 Å². The second kappa shape index (κ2) is 8.95. The minimum Gasteiger partial charge on any atom is -0.456 e. The molecule has 0 radical (unpaired) electrons. The molecule has 9 rings (SSSR count). The first kappa shape index (κ1) is 23.1. The smallest absolute Gasteiger partial charge is 0.136 e. The summed E-state index contributed by atoms with van der Waals surface area (Å²) in [6, 6.07) is 54.2. The van der Waals surface area contributed by atoms with Crippen LogP contribution in [0, 0.1) is 0 Å². The SMILES string of the molecule is c1ccc(-c2cc(-c3ccccc3)cc(-n3c4ccccc4c4c5c(ccc43)oc3ccc4ccccc4c35)c2)cc1. The number of furan rings is 1. The van der Waals surface area contributed by atoms with Crippen molar-refractivity contribution in [2.45, 2.75) is 0 Å². The van der Waals surface area contributed by atoms with Gasteiger partial charge in [0.25, 0.3) is 0 Å². The molecule has 0 atom stereocenters. The molecule has 7 aromatic carbocycles. The van der Waals surface area contributed by atoms with Gasteiger partial charge in [-0.15, -0.1) is 0 Å². The molecule has 42 heavy (non-hydrogen) atoms. The number of hydrogen-bond acceptors (Lipinski definition) is 1. The van der Waals surface area contributed by atoms with E-state index in [1.54, 1.807) is 0 Å². The number of rotatable bonds is 3. The monoisotopic (exact) mass is 535 g/mol. The Morgan fingerprint density at radius 2 is 0.976 bits per heavy atom. The van der Waals surface area contributed by atoms with E-state index in [9.17, 15) is 0 Å². The molecule has 0 fully saturated rings. The summed E-state index contributed by atoms with van der Waals surface area (Å²) in [5.74, 6) is 0. The zero-order valence-electron chi connectivity index (χ0n) is 22.8. The third kappa shape index (κ3) is 3.39. The predicted octanol–water partition coefficient (Wildman–Crippen LogP) is 11.2. The number of hydrogen-bond donors (Lipinski definition) is 0. The molecule has 0 bridgehead atoms. The summed E-state index contributed by atoms with van der Waals surface area (Å²) in [5.41, 5.74) is 10.1. The lowest BCUT2D eigenvalue weighted by atomic mass is 9.98. The predicted molar refractivity (Wildman–Crippen MR) is 176 cm³/mol. The van der Waals surface area contributed by atoms with E-state index in [0.717, 1.165) is 16.9 Å². The van der Waals surface area contributed by atoms with Gasteiger partial charge in [0, 0.05) is 27.2 Å². The first-order chi connectivity index (χ1) is 20.8. The molecule has 0 unspecified atom stereocenters. The summed E-state index contributed by atoms with van der Waals surface area (Å²) < 4.78 is 8.90. The fraction of sp³-hybridized carbons (Fsp3) is 0. The number of aromatic nitrogens is 1. The molecule has 0 aliphatic heterocycles. The molecule has 0 aliphatic rings. The van der Waals surface area contributed by atoms with Gasteiger partial charge in [-0.05, 0) is 75.5 Å². The van der Waals surface area contributed by atoms with Crippen molar-refractivity contribution < 1.29 is 4.42 Å². The van der Waals surface area contributed by atoms with Gasteiger partial charge in [0.05, 0.1) is 11.0 Å². The van der Waals surface area contributed by atoms with E-state index in [4.69, 9.17) is 4.42 Å². The van der Waals surface area contributed by atoms with Crippen molar-refractivity contribution in [1.29, 1.82) is 0 Å². The molecule has 0 aliphatic carbocycles. The van der Waals surface area contributed by atoms with E-state index in [1.165, 1.54) is 65.6 Å². The first-order valence-corrected chi connectivity index (χ1v) is 14.4. The van der Waals surface area contributed by atoms with Crippen LogP contribution in [0.15, 0.2) is 156 Å². The highest BCUT2D eigenvalue weighted by molar-refractivity contribution is 6.31. The number of benzene rings is 7. The Bertz CT molecular complexity index is 2390. The maximum Gasteiger partial charge on any atom is 0.136 e. The third-order valence-electron chi connectivity index (χ3n) is 8.55. The Morgan fingerprint density at radius 3 is 1.71 bits per heavy atom. The zero-order chi connectivity index (χ0) is 27.6. The van der Waals surface area contributed by atoms with Crippen LogP contribution >= 0.6 is 0 Å². The van der Waals surface area contributed by atoms with E-state index in [-0.39, 0.29) is 0 Å². The summed E-state index contributed by atoms with van der Waals surface area (Å²) in [6.07, 6.45) is 0. The molecule has 2 nitrogen and oxygen atoms in total. The standard InChI is InChI=1S/C40H25NO/c1-3-11-26(12-4-1)29-23-30(27-13-5-2-6-14-27)25-31(24-29)41-34-18-10-9-17-33(34)38-35(41)20-22-37-40(38)39-32-16-8-7-15-28(32)19-21-36(39)42-37/h1-25H. The van der Waals surface area contributed by atoms with E-state index in [0.29, 0.717) is 0 Å². The van der Waals surface area contributed by atoms with Gasteiger partial charge < -0.3 is 8.98 Å². The van der Waals surface area contributed by atoms with Crippen LogP contribution in [0.25, 0.3) is 82.5 Å². The van der Waals surface area contributed by atoms with Crippen LogP contribution in [0.1, 0.15) is 0 Å². The second-order valence-electron chi connectivity index (χ2n) is 10.9. The van der Waals surface area contributed by atoms with Gasteiger partial charge in [0.1, 0.15) is 11.2 Å². The van der Waals surface area contributed by atoms with E-state index in [2.05, 4.69) is 156 Å². The van der Waals surface area contributed by atoms with Crippen LogP contribution in [0.4, 0.5) is 0 Å². The Morgan fingerprint density at radius 1 is 0.381 bits per heavy atom. The third-order valence-corrected chi connectivity index (χ3v) is 8.55. The molecular weight excluding hydrogens is 510 g/mol. The molecule has 2 heterocycles. The van der Waals surface area contributed by atoms with Gasteiger partial charge >= 0.3 is 0 Å². The van der Waals surface area contributed by atoms with Crippen LogP contribution in [0.2, 0.25) is 0 Å². The largest absolute Gasteiger partial charge is 0.456 e. The van der Waals surface area contributed by atoms with E-state index >= 15 is 0 Å². The molecule has 2 aromatic heterocycles. The van der Waals surface area contributed by atoms with Gasteiger partial charge in [-0.25, -0.2) is 0 Å². The van der Waals surface area contributed by atoms with Gasteiger partial charge in [-0.1, -0.05) is 109 Å². The number of para-hydroxylation sites is 1. The highest BCUT2D eigenvalue weighted by Gasteiger charge is 2.20. The lowest BCUT2D eigenvalue weighted by molar-refractivity contribution is 0.669. The maximum absolute atomic E-state index is 6.48. The van der Waals surface area contributed by atoms with Crippen molar-refractivity contribution in [2.24, 2.45) is 0 Å². The number of fused-ring (bicyclic) bond motifs is 9. The Hall–Kier alpha value is -5.60. The lowest BCUT2D eigenvalue weighted by Crippen LogP contribution is -1.96. The molecule has 196 valence electrons. The second-order valence-corrected chi connectivity index (χ2v) is 10.9. The highest BCUT2D eigenvalue weighted by atomic mass is 16.3. The summed E-state index contributed by atoms with van der Waals surface area (Å²) in [4.78, 5) is 0. The quantitative estimate of drug-likeness (QED) is 0.220. The Kier molecular flexibility index (Phi) is 4.93. The van der Waals surface area contributed by atoms with Gasteiger partial charge in [-0.3, -0.25) is 0 Å². The molecule has 0 spiro atoms. The molecule has 9 aromatic rings. The van der Waals surface area contributed by atoms with E-state index in [1.807, 2.05) is 0 Å². The zero-order valence-corrected chi connectivity index (χ0v) is 22.8. The fourth-order valence-electron chi connectivity index (χ4n) is 6.70. The average Bonchev–Trinajstić information content (AvgIpc) is 3.61. The van der Waals surface area contributed by atoms with Crippen molar-refractivity contribution in [3.63, 3.8) is 0 Å². The van der Waals surface area contributed by atoms with Crippen molar-refractivity contribution in [2.75, 3.05) is 0 Å². The van der Waals surface area contributed by atoms with Gasteiger partial charge in [0.15, 0.2) is 0 Å². The summed E-state index contributed by atoms with van der Waals surface area (Å²) in [6.45, 7) is 0. The highest BCUT2D eigenvalue weighted by Crippen LogP contribution is 2.44. The summed E-state index contributed by atoms with van der Waals surface area (Å²) >= 11 is 0. The van der Waals surface area contributed by atoms with E-state index < -0.39 is 0 Å². The van der Waals surface area contributed by atoms with Crippen molar-refractivity contribution in [3.05, 3.63) is 152 Å². The molecular formula is C40H25NO. The normalized spacial score (nSPS) is 11.8. The first-order valence-electron chi connectivity index (χ1n) is 14.4. The Balaban J connectivity index is 1.43. The Labute approximate surface area is 242 Å². The van der Waals surface area contributed by atoms with Crippen LogP contribution in [0.5, 0.6) is 0 Å². The molecule has 0 amide bonds. The summed E-state index contributed by atoms with van der Waals surface area (Å²) in [5, 5.41) is 7.24. The maximum atomic E-state index is 6.48. The molecule has 0 saturated heterocycles. The number of nitrogens with zero attached hydrogens (tertiary/aromatic N) is 1. The van der Waals surface area contributed by atoms with Gasteiger partial charge in [-0.2, -0.15) is 0 Å².